The zero-order valence-electron chi connectivity index (χ0n) is 16.3. The number of carbonyl (C=O) groups is 1. The maximum absolute atomic E-state index is 13.8. The summed E-state index contributed by atoms with van der Waals surface area (Å²) < 4.78 is 54.3. The molecule has 1 heterocycles. The van der Waals surface area contributed by atoms with Gasteiger partial charge in [-0.2, -0.15) is 18.3 Å². The Kier molecular flexibility index (Phi) is 7.49. The SMILES string of the molecule is [C-]#[N+]c1ccc(CC(=O)[C@@](C)(O)Cn2cc3c(F)cccc3n2)cc1C(F)(F)F.[Es].[N-]=O. The molecule has 0 saturated heterocycles. The van der Waals surface area contributed by atoms with E-state index in [1.807, 2.05) is 0 Å². The van der Waals surface area contributed by atoms with Crippen molar-refractivity contribution < 1.29 is 27.5 Å². The molecule has 1 radical (unpaired) electrons. The Morgan fingerprint density at radius 1 is 1.25 bits per heavy atom. The van der Waals surface area contributed by atoms with Crippen LogP contribution in [-0.2, 0) is 23.9 Å². The van der Waals surface area contributed by atoms with Crippen molar-refractivity contribution >= 4 is 22.4 Å². The van der Waals surface area contributed by atoms with E-state index < -0.39 is 41.0 Å². The van der Waals surface area contributed by atoms with E-state index in [0.717, 1.165) is 12.1 Å². The molecule has 12 heteroatoms. The smallest absolute Gasteiger partial charge is 0.407 e. The first-order valence-electron chi connectivity index (χ1n) is 8.64. The van der Waals surface area contributed by atoms with Crippen LogP contribution >= 0.6 is 0 Å². The van der Waals surface area contributed by atoms with Crippen molar-refractivity contribution in [2.45, 2.75) is 31.7 Å². The summed E-state index contributed by atoms with van der Waals surface area (Å²) in [5.74, 6) is -1.24. The third-order valence-corrected chi connectivity index (χ3v) is 4.47. The van der Waals surface area contributed by atoms with E-state index in [2.05, 4.69) is 9.94 Å². The van der Waals surface area contributed by atoms with Crippen molar-refractivity contribution in [1.82, 2.24) is 9.78 Å². The zero-order chi connectivity index (χ0) is 23.4. The third-order valence-electron chi connectivity index (χ3n) is 4.47. The van der Waals surface area contributed by atoms with Gasteiger partial charge in [0.2, 0.25) is 0 Å². The number of carbonyl (C=O) groups excluding carboxylic acids is 1. The van der Waals surface area contributed by atoms with Crippen LogP contribution in [0, 0.1) is 17.3 Å². The molecule has 1 N–H and O–H groups in total. The number of alkyl halides is 3. The van der Waals surface area contributed by atoms with Gasteiger partial charge in [-0.25, -0.2) is 9.24 Å². The van der Waals surface area contributed by atoms with Gasteiger partial charge >= 0.3 is 6.18 Å². The Bertz CT molecular complexity index is 1160. The van der Waals surface area contributed by atoms with E-state index in [1.165, 1.54) is 36.0 Å². The fourth-order valence-electron chi connectivity index (χ4n) is 2.94. The predicted molar refractivity (Wildman–Crippen MR) is 103 cm³/mol. The molecule has 173 valence electrons. The average molecular weight is 687 g/mol. The second-order valence-electron chi connectivity index (χ2n) is 6.83. The molecule has 1 atom stereocenters. The van der Waals surface area contributed by atoms with Gasteiger partial charge in [-0.15, -0.1) is 0 Å². The summed E-state index contributed by atoms with van der Waals surface area (Å²) in [5.41, 5.74) is 2.47. The Labute approximate surface area is 173 Å². The monoisotopic (exact) mass is 687 g/mol. The number of aliphatic hydroxyl groups is 1. The van der Waals surface area contributed by atoms with Crippen molar-refractivity contribution in [3.05, 3.63) is 81.5 Å². The molecule has 0 aliphatic carbocycles. The van der Waals surface area contributed by atoms with Gasteiger partial charge in [0, 0.05) is 12.6 Å². The molecule has 0 unspecified atom stereocenters. The van der Waals surface area contributed by atoms with Crippen LogP contribution in [0.3, 0.4) is 0 Å². The Morgan fingerprint density at radius 3 is 2.47 bits per heavy atom. The number of benzene rings is 2. The fraction of sp³-hybridized carbons (Fsp3) is 0.250. The van der Waals surface area contributed by atoms with Crippen LogP contribution in [0.15, 0.2) is 42.6 Å². The van der Waals surface area contributed by atoms with Gasteiger partial charge in [-0.3, -0.25) is 9.48 Å². The molecule has 0 aliphatic rings. The number of hydrogen-bond donors (Lipinski definition) is 1. The summed E-state index contributed by atoms with van der Waals surface area (Å²) in [6.07, 6.45) is -3.86. The van der Waals surface area contributed by atoms with E-state index in [0.29, 0.717) is 5.52 Å². The molecule has 0 saturated carbocycles. The van der Waals surface area contributed by atoms with Crippen molar-refractivity contribution in [3.63, 3.8) is 0 Å². The van der Waals surface area contributed by atoms with Crippen LogP contribution in [0.5, 0.6) is 0 Å². The molecule has 0 fully saturated rings. The average Bonchev–Trinajstić information content (AvgIpc) is 3.12. The number of Topliss-reactive ketones (excluding diaryl/α,β-unsaturated/α-hetero) is 1. The van der Waals surface area contributed by atoms with Gasteiger partial charge in [-0.1, -0.05) is 24.3 Å². The van der Waals surface area contributed by atoms with Crippen molar-refractivity contribution in [2.24, 2.45) is 0 Å². The second kappa shape index (κ2) is 9.44. The number of nitrogens with zero attached hydrogens (tertiary/aromatic N) is 4. The van der Waals surface area contributed by atoms with Crippen molar-refractivity contribution in [2.75, 3.05) is 0 Å². The van der Waals surface area contributed by atoms with E-state index in [4.69, 9.17) is 17.1 Å². The normalized spacial score (nSPS) is 12.7. The van der Waals surface area contributed by atoms with Gasteiger partial charge in [0.05, 0.1) is 29.6 Å². The number of rotatable bonds is 5. The van der Waals surface area contributed by atoms with Crippen LogP contribution in [0.4, 0.5) is 23.2 Å². The Hall–Kier alpha value is -4.65. The minimum Gasteiger partial charge on any atom is -0.577 e. The summed E-state index contributed by atoms with van der Waals surface area (Å²) >= 11 is 0. The topological polar surface area (TPSA) is 98.8 Å². The fourth-order valence-corrected chi connectivity index (χ4v) is 2.94. The molecule has 3 aromatic rings. The number of aromatic nitrogens is 2. The Morgan fingerprint density at radius 2 is 1.91 bits per heavy atom. The predicted octanol–water partition coefficient (Wildman–Crippen LogP) is 4.63. The molecule has 0 aliphatic heterocycles. The van der Waals surface area contributed by atoms with Crippen LogP contribution in [0.25, 0.3) is 21.3 Å². The summed E-state index contributed by atoms with van der Waals surface area (Å²) in [4.78, 5) is 22.6. The van der Waals surface area contributed by atoms with Gasteiger partial charge in [0.1, 0.15) is 11.4 Å². The molecule has 2 aromatic carbocycles. The zero-order valence-corrected chi connectivity index (χ0v) is 18.8. The minimum atomic E-state index is -4.74. The van der Waals surface area contributed by atoms with Gasteiger partial charge in [0.15, 0.2) is 11.5 Å². The summed E-state index contributed by atoms with van der Waals surface area (Å²) in [5, 5.41) is 14.9. The molecule has 0 bridgehead atoms. The number of fused-ring (bicyclic) bond motifs is 1. The van der Waals surface area contributed by atoms with Crippen molar-refractivity contribution in [3.8, 4) is 0 Å². The van der Waals surface area contributed by atoms with Crippen LogP contribution < -0.4 is 0 Å². The molecule has 0 spiro atoms. The second-order valence-corrected chi connectivity index (χ2v) is 6.83. The molecule has 1 aromatic heterocycles. The van der Waals surface area contributed by atoms with E-state index in [1.54, 1.807) is 6.07 Å². The maximum Gasteiger partial charge on any atom is 0.407 e. The van der Waals surface area contributed by atoms with E-state index >= 15 is 0 Å². The van der Waals surface area contributed by atoms with Gasteiger partial charge in [-0.05, 0) is 24.6 Å². The minimum absolute atomic E-state index is 0. The first-order chi connectivity index (χ1) is 14.5. The first kappa shape index (κ1) is 25.4. The number of ketones is 1. The first-order valence-corrected chi connectivity index (χ1v) is 8.64. The maximum atomic E-state index is 13.8. The van der Waals surface area contributed by atoms with E-state index in [9.17, 15) is 27.5 Å². The van der Waals surface area contributed by atoms with Gasteiger partial charge in [0.25, 0.3) is 0 Å². The molecule has 0 amide bonds. The number of halogens is 4. The van der Waals surface area contributed by atoms with Crippen LogP contribution in [0.2, 0.25) is 0 Å². The molecule has 7 nitrogen and oxygen atoms in total. The Balaban J connectivity index is 0.00000166. The van der Waals surface area contributed by atoms with Crippen LogP contribution in [-0.4, -0.2) is 26.3 Å². The number of hydrogen-bond acceptors (Lipinski definition) is 4. The molecule has 3 rings (SSSR count). The summed E-state index contributed by atoms with van der Waals surface area (Å²) in [7, 11) is 0. The summed E-state index contributed by atoms with van der Waals surface area (Å²) in [6.45, 7) is 7.76. The largest absolute Gasteiger partial charge is 0.577 e. The molecular weight excluding hydrogens is 672 g/mol. The molecular formula is C20H15EsF4N4O3-. The van der Waals surface area contributed by atoms with Crippen molar-refractivity contribution in [1.29, 1.82) is 0 Å². The summed E-state index contributed by atoms with van der Waals surface area (Å²) in [6, 6.07) is 7.28. The standard InChI is InChI=1S/C20H15F4N3O2.Es.NO/c1-19(29,11-27-10-13-15(21)4-3-5-16(13)26-27)18(28)9-12-6-7-17(25-2)14(8-12)20(22,23)24;;1-2/h3-8,10,29H,9,11H2,1H3;;/q;;-1/t19-;;/m0../s1. The quantitative estimate of drug-likeness (QED) is 0.313. The molecule has 32 heavy (non-hydrogen) atoms. The van der Waals surface area contributed by atoms with Crippen LogP contribution in [0.1, 0.15) is 18.1 Å². The number of nitroso groups, excluding NO2 is 1. The third kappa shape index (κ3) is 5.28. The van der Waals surface area contributed by atoms with Gasteiger partial charge < -0.3 is 15.6 Å². The van der Waals surface area contributed by atoms with E-state index in [-0.39, 0.29) is 17.5 Å².